The van der Waals surface area contributed by atoms with Gasteiger partial charge >= 0.3 is 5.97 Å². The number of carboxylic acids is 1. The van der Waals surface area contributed by atoms with Crippen LogP contribution >= 0.6 is 0 Å². The van der Waals surface area contributed by atoms with Crippen molar-refractivity contribution in [3.8, 4) is 11.1 Å². The van der Waals surface area contributed by atoms with Crippen molar-refractivity contribution < 1.29 is 9.90 Å². The summed E-state index contributed by atoms with van der Waals surface area (Å²) in [4.78, 5) is 11.6. The van der Waals surface area contributed by atoms with Crippen molar-refractivity contribution in [2.24, 2.45) is 0 Å². The molecule has 0 aliphatic rings. The first-order valence-corrected chi connectivity index (χ1v) is 9.61. The fourth-order valence-corrected chi connectivity index (χ4v) is 3.24. The highest BCUT2D eigenvalue weighted by Gasteiger charge is 2.12. The number of aromatic carboxylic acids is 1. The van der Waals surface area contributed by atoms with E-state index in [1.165, 1.54) is 43.2 Å². The van der Waals surface area contributed by atoms with E-state index in [1.54, 1.807) is 6.07 Å². The maximum Gasteiger partial charge on any atom is 0.336 e. The van der Waals surface area contributed by atoms with Crippen LogP contribution < -0.4 is 0 Å². The third kappa shape index (κ3) is 5.74. The van der Waals surface area contributed by atoms with Gasteiger partial charge in [0.05, 0.1) is 5.56 Å². The normalized spacial score (nSPS) is 10.8. The molecule has 0 fully saturated rings. The van der Waals surface area contributed by atoms with Gasteiger partial charge in [0.25, 0.3) is 0 Å². The molecule has 2 rings (SSSR count). The molecule has 0 saturated heterocycles. The average Bonchev–Trinajstić information content (AvgIpc) is 2.62. The molecule has 1 N–H and O–H groups in total. The lowest BCUT2D eigenvalue weighted by Gasteiger charge is -2.11. The van der Waals surface area contributed by atoms with Gasteiger partial charge in [0.15, 0.2) is 0 Å². The standard InChI is InChI=1S/C23H30O2/c1-3-5-6-7-8-10-19-13-16-21(23(24)25)22(17-19)20-14-11-18(9-4-2)12-15-20/h11-17H,3-10H2,1-2H3,(H,24,25). The molecule has 2 aromatic rings. The summed E-state index contributed by atoms with van der Waals surface area (Å²) in [6.07, 6.45) is 9.45. The molecule has 0 aliphatic heterocycles. The number of benzene rings is 2. The maximum atomic E-state index is 11.6. The smallest absolute Gasteiger partial charge is 0.336 e. The van der Waals surface area contributed by atoms with Gasteiger partial charge in [0.1, 0.15) is 0 Å². The number of hydrogen-bond acceptors (Lipinski definition) is 1. The Hall–Kier alpha value is -2.09. The minimum Gasteiger partial charge on any atom is -0.478 e. The lowest BCUT2D eigenvalue weighted by molar-refractivity contribution is 0.0697. The summed E-state index contributed by atoms with van der Waals surface area (Å²) < 4.78 is 0. The Morgan fingerprint density at radius 2 is 1.48 bits per heavy atom. The molecular formula is C23H30O2. The SMILES string of the molecule is CCCCCCCc1ccc(C(=O)O)c(-c2ccc(CCC)cc2)c1. The molecule has 0 heterocycles. The zero-order chi connectivity index (χ0) is 18.1. The van der Waals surface area contributed by atoms with Crippen LogP contribution in [0.5, 0.6) is 0 Å². The monoisotopic (exact) mass is 338 g/mol. The van der Waals surface area contributed by atoms with E-state index in [1.807, 2.05) is 6.07 Å². The van der Waals surface area contributed by atoms with E-state index in [0.717, 1.165) is 30.4 Å². The average molecular weight is 338 g/mol. The first-order chi connectivity index (χ1) is 12.2. The van der Waals surface area contributed by atoms with Crippen molar-refractivity contribution in [3.05, 3.63) is 59.2 Å². The summed E-state index contributed by atoms with van der Waals surface area (Å²) in [5.74, 6) is -0.859. The van der Waals surface area contributed by atoms with Crippen molar-refractivity contribution in [2.45, 2.75) is 65.2 Å². The zero-order valence-electron chi connectivity index (χ0n) is 15.6. The van der Waals surface area contributed by atoms with Gasteiger partial charge < -0.3 is 5.11 Å². The van der Waals surface area contributed by atoms with Crippen LogP contribution in [0.25, 0.3) is 11.1 Å². The molecule has 0 radical (unpaired) electrons. The van der Waals surface area contributed by atoms with E-state index >= 15 is 0 Å². The van der Waals surface area contributed by atoms with Gasteiger partial charge in [-0.15, -0.1) is 0 Å². The van der Waals surface area contributed by atoms with Crippen molar-refractivity contribution in [1.82, 2.24) is 0 Å². The van der Waals surface area contributed by atoms with Gasteiger partial charge in [-0.05, 0) is 47.6 Å². The summed E-state index contributed by atoms with van der Waals surface area (Å²) in [5, 5.41) is 9.53. The molecule has 0 atom stereocenters. The molecule has 2 aromatic carbocycles. The first kappa shape index (κ1) is 19.2. The Morgan fingerprint density at radius 3 is 2.12 bits per heavy atom. The van der Waals surface area contributed by atoms with E-state index < -0.39 is 5.97 Å². The van der Waals surface area contributed by atoms with Crippen molar-refractivity contribution in [3.63, 3.8) is 0 Å². The molecule has 0 amide bonds. The van der Waals surface area contributed by atoms with Crippen molar-refractivity contribution in [2.75, 3.05) is 0 Å². The molecular weight excluding hydrogens is 308 g/mol. The minimum atomic E-state index is -0.859. The molecule has 0 saturated carbocycles. The third-order valence-corrected chi connectivity index (χ3v) is 4.69. The second-order valence-corrected chi connectivity index (χ2v) is 6.80. The second kappa shape index (κ2) is 10.0. The van der Waals surface area contributed by atoms with Crippen molar-refractivity contribution >= 4 is 5.97 Å². The van der Waals surface area contributed by atoms with Gasteiger partial charge in [0, 0.05) is 0 Å². The topological polar surface area (TPSA) is 37.3 Å². The summed E-state index contributed by atoms with van der Waals surface area (Å²) in [6, 6.07) is 14.1. The lowest BCUT2D eigenvalue weighted by Crippen LogP contribution is -2.01. The Kier molecular flexibility index (Phi) is 7.72. The van der Waals surface area contributed by atoms with E-state index in [-0.39, 0.29) is 0 Å². The molecule has 0 unspecified atom stereocenters. The van der Waals surface area contributed by atoms with Crippen LogP contribution in [-0.4, -0.2) is 11.1 Å². The van der Waals surface area contributed by atoms with Crippen LogP contribution in [-0.2, 0) is 12.8 Å². The molecule has 2 nitrogen and oxygen atoms in total. The van der Waals surface area contributed by atoms with Crippen LogP contribution in [0.4, 0.5) is 0 Å². The van der Waals surface area contributed by atoms with Crippen LogP contribution in [0, 0.1) is 0 Å². The lowest BCUT2D eigenvalue weighted by atomic mass is 9.94. The molecule has 0 bridgehead atoms. The number of aryl methyl sites for hydroxylation is 2. The van der Waals surface area contributed by atoms with Gasteiger partial charge in [-0.25, -0.2) is 4.79 Å². The maximum absolute atomic E-state index is 11.6. The highest BCUT2D eigenvalue weighted by Crippen LogP contribution is 2.27. The quantitative estimate of drug-likeness (QED) is 0.501. The number of hydrogen-bond donors (Lipinski definition) is 1. The fourth-order valence-electron chi connectivity index (χ4n) is 3.24. The second-order valence-electron chi connectivity index (χ2n) is 6.80. The fraction of sp³-hybridized carbons (Fsp3) is 0.435. The predicted molar refractivity (Wildman–Crippen MR) is 105 cm³/mol. The molecule has 25 heavy (non-hydrogen) atoms. The summed E-state index contributed by atoms with van der Waals surface area (Å²) >= 11 is 0. The number of carboxylic acid groups (broad SMARTS) is 1. The third-order valence-electron chi connectivity index (χ3n) is 4.69. The predicted octanol–water partition coefficient (Wildman–Crippen LogP) is 6.52. The van der Waals surface area contributed by atoms with Gasteiger partial charge in [-0.3, -0.25) is 0 Å². The molecule has 0 spiro atoms. The molecule has 0 aliphatic carbocycles. The Morgan fingerprint density at radius 1 is 0.800 bits per heavy atom. The summed E-state index contributed by atoms with van der Waals surface area (Å²) in [7, 11) is 0. The van der Waals surface area contributed by atoms with E-state index in [9.17, 15) is 9.90 Å². The van der Waals surface area contributed by atoms with Crippen LogP contribution in [0.3, 0.4) is 0 Å². The van der Waals surface area contributed by atoms with Gasteiger partial charge in [-0.2, -0.15) is 0 Å². The summed E-state index contributed by atoms with van der Waals surface area (Å²) in [5.41, 5.74) is 4.74. The van der Waals surface area contributed by atoms with Gasteiger partial charge in [0.2, 0.25) is 0 Å². The van der Waals surface area contributed by atoms with E-state index in [0.29, 0.717) is 5.56 Å². The van der Waals surface area contributed by atoms with Crippen LogP contribution in [0.15, 0.2) is 42.5 Å². The number of carbonyl (C=O) groups is 1. The largest absolute Gasteiger partial charge is 0.478 e. The van der Waals surface area contributed by atoms with Crippen LogP contribution in [0.1, 0.15) is 73.9 Å². The molecule has 134 valence electrons. The van der Waals surface area contributed by atoms with Gasteiger partial charge in [-0.1, -0.05) is 82.3 Å². The molecule has 0 aromatic heterocycles. The van der Waals surface area contributed by atoms with E-state index in [2.05, 4.69) is 44.2 Å². The number of unbranched alkanes of at least 4 members (excludes halogenated alkanes) is 4. The number of rotatable bonds is 10. The summed E-state index contributed by atoms with van der Waals surface area (Å²) in [6.45, 7) is 4.39. The van der Waals surface area contributed by atoms with Crippen LogP contribution in [0.2, 0.25) is 0 Å². The Labute approximate surface area is 151 Å². The zero-order valence-corrected chi connectivity index (χ0v) is 15.6. The Bertz CT molecular complexity index is 671. The molecule has 2 heteroatoms. The highest BCUT2D eigenvalue weighted by molar-refractivity contribution is 5.96. The Balaban J connectivity index is 2.18. The minimum absolute atomic E-state index is 0.387. The highest BCUT2D eigenvalue weighted by atomic mass is 16.4. The first-order valence-electron chi connectivity index (χ1n) is 9.61. The van der Waals surface area contributed by atoms with Crippen molar-refractivity contribution in [1.29, 1.82) is 0 Å². The van der Waals surface area contributed by atoms with E-state index in [4.69, 9.17) is 0 Å².